The Kier molecular flexibility index (Phi) is 2.71. The van der Waals surface area contributed by atoms with E-state index in [9.17, 15) is 4.79 Å². The van der Waals surface area contributed by atoms with Crippen LogP contribution in [0.15, 0.2) is 0 Å². The maximum Gasteiger partial charge on any atom is 0.123 e. The third-order valence-electron chi connectivity index (χ3n) is 4.11. The molecule has 2 aliphatic carbocycles. The largest absolute Gasteiger partial charge is 0.303 e. The summed E-state index contributed by atoms with van der Waals surface area (Å²) in [4.78, 5) is 10.6. The fourth-order valence-electron chi connectivity index (χ4n) is 3.19. The van der Waals surface area contributed by atoms with Crippen LogP contribution in [0.3, 0.4) is 0 Å². The predicted octanol–water partition coefficient (Wildman–Crippen LogP) is 3.04. The van der Waals surface area contributed by atoms with Crippen LogP contribution < -0.4 is 0 Å². The number of hydrogen-bond donors (Lipinski definition) is 0. The molecule has 0 aliphatic heterocycles. The summed E-state index contributed by atoms with van der Waals surface area (Å²) in [7, 11) is 0. The van der Waals surface area contributed by atoms with Gasteiger partial charge in [-0.15, -0.1) is 0 Å². The third-order valence-corrected chi connectivity index (χ3v) is 4.11. The Labute approximate surface area is 80.9 Å². The van der Waals surface area contributed by atoms with Crippen molar-refractivity contribution in [2.45, 2.75) is 45.4 Å². The molecule has 1 heteroatoms. The first kappa shape index (κ1) is 9.23. The van der Waals surface area contributed by atoms with Crippen molar-refractivity contribution in [3.05, 3.63) is 0 Å². The minimum absolute atomic E-state index is 0.442. The average molecular weight is 180 g/mol. The van der Waals surface area contributed by atoms with Crippen LogP contribution in [0.25, 0.3) is 0 Å². The van der Waals surface area contributed by atoms with Crippen LogP contribution in [0.4, 0.5) is 0 Å². The van der Waals surface area contributed by atoms with E-state index in [0.29, 0.717) is 5.92 Å². The molecule has 4 atom stereocenters. The Balaban J connectivity index is 1.92. The highest BCUT2D eigenvalue weighted by molar-refractivity contribution is 5.58. The van der Waals surface area contributed by atoms with Crippen molar-refractivity contribution in [1.29, 1.82) is 0 Å². The molecular formula is C12H20O. The van der Waals surface area contributed by atoms with Gasteiger partial charge in [0.25, 0.3) is 0 Å². The van der Waals surface area contributed by atoms with Crippen molar-refractivity contribution in [2.75, 3.05) is 0 Å². The van der Waals surface area contributed by atoms with Gasteiger partial charge in [0.2, 0.25) is 0 Å². The van der Waals surface area contributed by atoms with E-state index < -0.39 is 0 Å². The summed E-state index contributed by atoms with van der Waals surface area (Å²) < 4.78 is 0. The molecule has 0 aromatic heterocycles. The molecule has 0 unspecified atom stereocenters. The summed E-state index contributed by atoms with van der Waals surface area (Å²) in [5.74, 6) is 3.05. The maximum atomic E-state index is 10.6. The zero-order valence-corrected chi connectivity index (χ0v) is 8.54. The van der Waals surface area contributed by atoms with E-state index in [1.807, 2.05) is 0 Å². The second-order valence-corrected chi connectivity index (χ2v) is 4.82. The van der Waals surface area contributed by atoms with Crippen molar-refractivity contribution in [3.8, 4) is 0 Å². The van der Waals surface area contributed by atoms with E-state index in [4.69, 9.17) is 0 Å². The molecule has 0 bridgehead atoms. The third kappa shape index (κ3) is 1.79. The molecule has 74 valence electrons. The molecule has 0 aromatic rings. The van der Waals surface area contributed by atoms with Crippen LogP contribution in [0.5, 0.6) is 0 Å². The topological polar surface area (TPSA) is 17.1 Å². The number of carbonyl (C=O) groups excluding carboxylic acids is 1. The first-order valence-corrected chi connectivity index (χ1v) is 5.82. The summed E-state index contributed by atoms with van der Waals surface area (Å²) in [5, 5.41) is 0. The monoisotopic (exact) mass is 180 g/mol. The highest BCUT2D eigenvalue weighted by Crippen LogP contribution is 2.50. The van der Waals surface area contributed by atoms with Gasteiger partial charge in [0.1, 0.15) is 6.29 Å². The molecule has 2 fully saturated rings. The van der Waals surface area contributed by atoms with E-state index in [0.717, 1.165) is 17.8 Å². The number of hydrogen-bond acceptors (Lipinski definition) is 1. The van der Waals surface area contributed by atoms with Gasteiger partial charge in [-0.1, -0.05) is 32.6 Å². The molecule has 2 rings (SSSR count). The lowest BCUT2D eigenvalue weighted by Crippen LogP contribution is -2.21. The van der Waals surface area contributed by atoms with Crippen molar-refractivity contribution in [2.24, 2.45) is 23.7 Å². The molecule has 0 spiro atoms. The van der Waals surface area contributed by atoms with Crippen molar-refractivity contribution in [3.63, 3.8) is 0 Å². The van der Waals surface area contributed by atoms with Crippen LogP contribution in [-0.2, 0) is 4.79 Å². The second-order valence-electron chi connectivity index (χ2n) is 4.82. The van der Waals surface area contributed by atoms with Crippen LogP contribution in [0.1, 0.15) is 45.4 Å². The van der Waals surface area contributed by atoms with Crippen molar-refractivity contribution in [1.82, 2.24) is 0 Å². The fourth-order valence-corrected chi connectivity index (χ4v) is 3.19. The minimum atomic E-state index is 0.442. The molecule has 0 amide bonds. The van der Waals surface area contributed by atoms with E-state index in [1.54, 1.807) is 0 Å². The molecule has 13 heavy (non-hydrogen) atoms. The first-order chi connectivity index (χ1) is 6.36. The zero-order chi connectivity index (χ0) is 9.26. The van der Waals surface area contributed by atoms with Crippen molar-refractivity contribution < 1.29 is 4.79 Å². The highest BCUT2D eigenvalue weighted by atomic mass is 16.1. The molecule has 1 nitrogen and oxygen atoms in total. The number of carbonyl (C=O) groups is 1. The van der Waals surface area contributed by atoms with Crippen LogP contribution in [0, 0.1) is 23.7 Å². The molecule has 2 aliphatic rings. The van der Waals surface area contributed by atoms with Gasteiger partial charge in [0.05, 0.1) is 0 Å². The molecule has 0 radical (unpaired) electrons. The van der Waals surface area contributed by atoms with Crippen molar-refractivity contribution >= 4 is 6.29 Å². The van der Waals surface area contributed by atoms with Gasteiger partial charge < -0.3 is 4.79 Å². The Morgan fingerprint density at radius 3 is 2.62 bits per heavy atom. The maximum absolute atomic E-state index is 10.6. The van der Waals surface area contributed by atoms with E-state index in [1.165, 1.54) is 44.8 Å². The quantitative estimate of drug-likeness (QED) is 0.610. The van der Waals surface area contributed by atoms with Crippen LogP contribution in [0.2, 0.25) is 0 Å². The molecular weight excluding hydrogens is 160 g/mol. The van der Waals surface area contributed by atoms with E-state index >= 15 is 0 Å². The van der Waals surface area contributed by atoms with Gasteiger partial charge >= 0.3 is 0 Å². The van der Waals surface area contributed by atoms with Gasteiger partial charge in [-0.3, -0.25) is 0 Å². The Hall–Kier alpha value is -0.330. The predicted molar refractivity (Wildman–Crippen MR) is 53.4 cm³/mol. The summed E-state index contributed by atoms with van der Waals surface area (Å²) in [5.41, 5.74) is 0. The number of rotatable bonds is 3. The second kappa shape index (κ2) is 3.81. The Morgan fingerprint density at radius 2 is 2.00 bits per heavy atom. The van der Waals surface area contributed by atoms with Gasteiger partial charge in [0, 0.05) is 5.92 Å². The number of aldehydes is 1. The summed E-state index contributed by atoms with van der Waals surface area (Å²) in [6.45, 7) is 2.31. The fraction of sp³-hybridized carbons (Fsp3) is 0.917. The molecule has 0 heterocycles. The molecule has 0 aromatic carbocycles. The first-order valence-electron chi connectivity index (χ1n) is 5.82. The highest BCUT2D eigenvalue weighted by Gasteiger charge is 2.45. The van der Waals surface area contributed by atoms with E-state index in [-0.39, 0.29) is 0 Å². The Bertz CT molecular complexity index is 188. The summed E-state index contributed by atoms with van der Waals surface area (Å²) in [6.07, 6.45) is 9.36. The van der Waals surface area contributed by atoms with Gasteiger partial charge in [-0.05, 0) is 30.6 Å². The Morgan fingerprint density at radius 1 is 1.23 bits per heavy atom. The molecule has 2 saturated carbocycles. The summed E-state index contributed by atoms with van der Waals surface area (Å²) >= 11 is 0. The lowest BCUT2D eigenvalue weighted by atomic mass is 9.75. The SMILES string of the molecule is CC[C@@H]1CCCC[C@@H]1[C@H]1C[C@@H]1C=O. The average Bonchev–Trinajstić information content (AvgIpc) is 2.96. The minimum Gasteiger partial charge on any atom is -0.303 e. The smallest absolute Gasteiger partial charge is 0.123 e. The van der Waals surface area contributed by atoms with Gasteiger partial charge in [-0.2, -0.15) is 0 Å². The lowest BCUT2D eigenvalue weighted by molar-refractivity contribution is -0.109. The standard InChI is InChI=1S/C12H20O/c1-2-9-5-3-4-6-11(9)12-7-10(12)8-13/h8-12H,2-7H2,1H3/t9-,10-,11+,12+/m1/s1. The van der Waals surface area contributed by atoms with Gasteiger partial charge in [0.15, 0.2) is 0 Å². The summed E-state index contributed by atoms with van der Waals surface area (Å²) in [6, 6.07) is 0. The molecule has 0 N–H and O–H groups in total. The van der Waals surface area contributed by atoms with Crippen LogP contribution in [-0.4, -0.2) is 6.29 Å². The lowest BCUT2D eigenvalue weighted by Gasteiger charge is -2.31. The normalized spacial score (nSPS) is 44.4. The molecule has 0 saturated heterocycles. The zero-order valence-electron chi connectivity index (χ0n) is 8.54. The van der Waals surface area contributed by atoms with E-state index in [2.05, 4.69) is 6.92 Å². The van der Waals surface area contributed by atoms with Gasteiger partial charge in [-0.25, -0.2) is 0 Å². The van der Waals surface area contributed by atoms with Crippen LogP contribution >= 0.6 is 0 Å².